The smallest absolute Gasteiger partial charge is 0.254 e. The maximum absolute atomic E-state index is 12.6. The summed E-state index contributed by atoms with van der Waals surface area (Å²) in [5.74, 6) is 0.145. The molecule has 0 aliphatic carbocycles. The lowest BCUT2D eigenvalue weighted by atomic mass is 10.0. The molecule has 0 saturated carbocycles. The summed E-state index contributed by atoms with van der Waals surface area (Å²) in [7, 11) is 0. The topological polar surface area (TPSA) is 20.3 Å². The van der Waals surface area contributed by atoms with E-state index in [0.717, 1.165) is 24.9 Å². The third-order valence-electron chi connectivity index (χ3n) is 3.72. The lowest BCUT2D eigenvalue weighted by Gasteiger charge is -2.25. The molecular weight excluding hydrogens is 234 g/mol. The van der Waals surface area contributed by atoms with E-state index in [4.69, 9.17) is 0 Å². The van der Waals surface area contributed by atoms with Gasteiger partial charge in [-0.1, -0.05) is 48.5 Å². The van der Waals surface area contributed by atoms with Crippen LogP contribution in [0.5, 0.6) is 0 Å². The number of benzene rings is 2. The molecule has 0 aromatic heterocycles. The summed E-state index contributed by atoms with van der Waals surface area (Å²) in [5, 5.41) is 0. The van der Waals surface area contributed by atoms with Crippen LogP contribution in [0.15, 0.2) is 60.7 Å². The van der Waals surface area contributed by atoms with E-state index in [2.05, 4.69) is 12.1 Å². The summed E-state index contributed by atoms with van der Waals surface area (Å²) in [6, 6.07) is 20.1. The Kier molecular flexibility index (Phi) is 3.32. The standard InChI is InChI=1S/C17H17NO/c19-17(15-10-5-2-6-11-15)18-13-7-12-16(18)14-8-3-1-4-9-14/h1-6,8-11,16H,7,12-13H2/t16-/m1/s1. The Bertz CT molecular complexity index is 550. The van der Waals surface area contributed by atoms with E-state index in [1.807, 2.05) is 53.4 Å². The summed E-state index contributed by atoms with van der Waals surface area (Å²) in [4.78, 5) is 14.6. The van der Waals surface area contributed by atoms with Crippen molar-refractivity contribution in [1.29, 1.82) is 0 Å². The van der Waals surface area contributed by atoms with Gasteiger partial charge in [0.25, 0.3) is 5.91 Å². The van der Waals surface area contributed by atoms with Crippen molar-refractivity contribution in [3.8, 4) is 0 Å². The maximum atomic E-state index is 12.6. The predicted molar refractivity (Wildman–Crippen MR) is 75.9 cm³/mol. The lowest BCUT2D eigenvalue weighted by molar-refractivity contribution is 0.0735. The summed E-state index contributed by atoms with van der Waals surface area (Å²) in [5.41, 5.74) is 2.02. The van der Waals surface area contributed by atoms with Crippen LogP contribution >= 0.6 is 0 Å². The summed E-state index contributed by atoms with van der Waals surface area (Å²) >= 11 is 0. The Morgan fingerprint density at radius 1 is 0.947 bits per heavy atom. The second-order valence-corrected chi connectivity index (χ2v) is 4.93. The molecule has 0 bridgehead atoms. The van der Waals surface area contributed by atoms with E-state index >= 15 is 0 Å². The molecule has 1 saturated heterocycles. The monoisotopic (exact) mass is 251 g/mol. The molecule has 0 N–H and O–H groups in total. The first-order valence-electron chi connectivity index (χ1n) is 6.77. The first-order valence-corrected chi connectivity index (χ1v) is 6.77. The van der Waals surface area contributed by atoms with E-state index in [9.17, 15) is 4.79 Å². The number of hydrogen-bond acceptors (Lipinski definition) is 1. The molecule has 1 atom stereocenters. The molecule has 3 rings (SSSR count). The van der Waals surface area contributed by atoms with Crippen LogP contribution in [-0.2, 0) is 0 Å². The van der Waals surface area contributed by atoms with Gasteiger partial charge in [-0.2, -0.15) is 0 Å². The Labute approximate surface area is 113 Å². The van der Waals surface area contributed by atoms with E-state index in [1.54, 1.807) is 0 Å². The van der Waals surface area contributed by atoms with Gasteiger partial charge < -0.3 is 4.90 Å². The normalized spacial score (nSPS) is 18.5. The van der Waals surface area contributed by atoms with Crippen molar-refractivity contribution >= 4 is 5.91 Å². The quantitative estimate of drug-likeness (QED) is 0.797. The van der Waals surface area contributed by atoms with Crippen LogP contribution in [0, 0.1) is 0 Å². The van der Waals surface area contributed by atoms with Gasteiger partial charge in [-0.3, -0.25) is 4.79 Å². The van der Waals surface area contributed by atoms with E-state index < -0.39 is 0 Å². The fourth-order valence-electron chi connectivity index (χ4n) is 2.78. The highest BCUT2D eigenvalue weighted by molar-refractivity contribution is 5.94. The Morgan fingerprint density at radius 2 is 1.58 bits per heavy atom. The number of likely N-dealkylation sites (tertiary alicyclic amines) is 1. The molecule has 1 aliphatic rings. The molecule has 1 aliphatic heterocycles. The zero-order valence-corrected chi connectivity index (χ0v) is 10.8. The van der Waals surface area contributed by atoms with Crippen molar-refractivity contribution in [1.82, 2.24) is 4.90 Å². The Hall–Kier alpha value is -2.09. The van der Waals surface area contributed by atoms with Crippen LogP contribution in [0.2, 0.25) is 0 Å². The second kappa shape index (κ2) is 5.27. The van der Waals surface area contributed by atoms with Crippen molar-refractivity contribution < 1.29 is 4.79 Å². The van der Waals surface area contributed by atoms with Gasteiger partial charge in [0, 0.05) is 12.1 Å². The molecule has 0 spiro atoms. The molecule has 1 amide bonds. The largest absolute Gasteiger partial charge is 0.332 e. The average molecular weight is 251 g/mol. The van der Waals surface area contributed by atoms with Crippen LogP contribution in [0.1, 0.15) is 34.8 Å². The average Bonchev–Trinajstić information content (AvgIpc) is 2.98. The highest BCUT2D eigenvalue weighted by Gasteiger charge is 2.30. The van der Waals surface area contributed by atoms with Crippen LogP contribution in [0.3, 0.4) is 0 Å². The number of nitrogens with zero attached hydrogens (tertiary/aromatic N) is 1. The second-order valence-electron chi connectivity index (χ2n) is 4.93. The minimum absolute atomic E-state index is 0.145. The highest BCUT2D eigenvalue weighted by Crippen LogP contribution is 2.32. The zero-order chi connectivity index (χ0) is 13.1. The molecule has 1 fully saturated rings. The molecule has 2 heteroatoms. The number of carbonyl (C=O) groups is 1. The molecule has 96 valence electrons. The predicted octanol–water partition coefficient (Wildman–Crippen LogP) is 3.66. The number of carbonyl (C=O) groups excluding carboxylic acids is 1. The third-order valence-corrected chi connectivity index (χ3v) is 3.72. The first kappa shape index (κ1) is 12.0. The summed E-state index contributed by atoms with van der Waals surface area (Å²) in [6.45, 7) is 0.854. The van der Waals surface area contributed by atoms with Gasteiger partial charge in [0.2, 0.25) is 0 Å². The van der Waals surface area contributed by atoms with Crippen LogP contribution in [0.4, 0.5) is 0 Å². The van der Waals surface area contributed by atoms with Gasteiger partial charge in [0.15, 0.2) is 0 Å². The molecular formula is C17H17NO. The molecule has 2 nitrogen and oxygen atoms in total. The number of hydrogen-bond donors (Lipinski definition) is 0. The van der Waals surface area contributed by atoms with Crippen LogP contribution < -0.4 is 0 Å². The van der Waals surface area contributed by atoms with Crippen molar-refractivity contribution in [2.45, 2.75) is 18.9 Å². The third kappa shape index (κ3) is 2.39. The molecule has 0 unspecified atom stereocenters. The van der Waals surface area contributed by atoms with E-state index in [-0.39, 0.29) is 11.9 Å². The van der Waals surface area contributed by atoms with Gasteiger partial charge in [-0.15, -0.1) is 0 Å². The number of rotatable bonds is 2. The molecule has 2 aromatic rings. The molecule has 19 heavy (non-hydrogen) atoms. The SMILES string of the molecule is O=C(c1ccccc1)N1CCC[C@@H]1c1ccccc1. The molecule has 1 heterocycles. The van der Waals surface area contributed by atoms with Crippen molar-refractivity contribution in [3.05, 3.63) is 71.8 Å². The number of amides is 1. The maximum Gasteiger partial charge on any atom is 0.254 e. The van der Waals surface area contributed by atoms with E-state index in [1.165, 1.54) is 5.56 Å². The Morgan fingerprint density at radius 3 is 2.26 bits per heavy atom. The Balaban J connectivity index is 1.86. The van der Waals surface area contributed by atoms with Crippen LogP contribution in [-0.4, -0.2) is 17.4 Å². The summed E-state index contributed by atoms with van der Waals surface area (Å²) in [6.07, 6.45) is 2.14. The summed E-state index contributed by atoms with van der Waals surface area (Å²) < 4.78 is 0. The fourth-order valence-corrected chi connectivity index (χ4v) is 2.78. The van der Waals surface area contributed by atoms with Crippen molar-refractivity contribution in [2.75, 3.05) is 6.54 Å². The highest BCUT2D eigenvalue weighted by atomic mass is 16.2. The van der Waals surface area contributed by atoms with Gasteiger partial charge in [-0.25, -0.2) is 0 Å². The van der Waals surface area contributed by atoms with Gasteiger partial charge in [0.05, 0.1) is 6.04 Å². The minimum Gasteiger partial charge on any atom is -0.332 e. The van der Waals surface area contributed by atoms with Gasteiger partial charge >= 0.3 is 0 Å². The van der Waals surface area contributed by atoms with Gasteiger partial charge in [-0.05, 0) is 30.5 Å². The fraction of sp³-hybridized carbons (Fsp3) is 0.235. The lowest BCUT2D eigenvalue weighted by Crippen LogP contribution is -2.30. The van der Waals surface area contributed by atoms with Crippen molar-refractivity contribution in [3.63, 3.8) is 0 Å². The zero-order valence-electron chi connectivity index (χ0n) is 10.8. The van der Waals surface area contributed by atoms with Gasteiger partial charge in [0.1, 0.15) is 0 Å². The van der Waals surface area contributed by atoms with Crippen LogP contribution in [0.25, 0.3) is 0 Å². The van der Waals surface area contributed by atoms with Crippen molar-refractivity contribution in [2.24, 2.45) is 0 Å². The minimum atomic E-state index is 0.145. The van der Waals surface area contributed by atoms with E-state index in [0.29, 0.717) is 0 Å². The first-order chi connectivity index (χ1) is 9.36. The molecule has 0 radical (unpaired) electrons. The molecule has 2 aromatic carbocycles.